The number of hydrogen-bond donors (Lipinski definition) is 2. The Kier molecular flexibility index (Phi) is 6.40. The lowest BCUT2D eigenvalue weighted by Gasteiger charge is -2.22. The molecule has 0 radical (unpaired) electrons. The van der Waals surface area contributed by atoms with Crippen LogP contribution in [0.15, 0.2) is 29.0 Å². The Hall–Kier alpha value is -2.33. The summed E-state index contributed by atoms with van der Waals surface area (Å²) in [5.74, 6) is -0.958. The van der Waals surface area contributed by atoms with E-state index in [2.05, 4.69) is 16.2 Å². The molecule has 28 heavy (non-hydrogen) atoms. The predicted octanol–water partition coefficient (Wildman–Crippen LogP) is 2.92. The summed E-state index contributed by atoms with van der Waals surface area (Å²) in [7, 11) is 0. The lowest BCUT2D eigenvalue weighted by Crippen LogP contribution is -2.27. The molecule has 2 aliphatic rings. The normalized spacial score (nSPS) is 18.9. The van der Waals surface area contributed by atoms with Gasteiger partial charge in [-0.1, -0.05) is 0 Å². The number of nitrogens with one attached hydrogen (secondary N) is 1. The number of rotatable bonds is 6. The van der Waals surface area contributed by atoms with Crippen LogP contribution in [0.4, 0.5) is 13.2 Å². The van der Waals surface area contributed by atoms with Crippen molar-refractivity contribution in [1.29, 1.82) is 0 Å². The van der Waals surface area contributed by atoms with Crippen LogP contribution in [0.5, 0.6) is 0 Å². The first kappa shape index (κ1) is 20.4. The van der Waals surface area contributed by atoms with E-state index in [-0.39, 0.29) is 6.10 Å². The molecular weight excluding hydrogens is 379 g/mol. The molecule has 4 rings (SSSR count). The number of aromatic nitrogens is 2. The standard InChI is InChI=1S/C16H21N3O2.C2HF3O2/c1-2-14(20-6-1)8-17-9-15-16-13(5-7-21-15)11-19(18-16)10-12-3-4-12;3-2(4,5)1(6)7/h1-2,6,11-12,15,17H,3-5,7-10H2;(H,6,7). The highest BCUT2D eigenvalue weighted by Gasteiger charge is 2.38. The van der Waals surface area contributed by atoms with Crippen LogP contribution >= 0.6 is 0 Å². The minimum Gasteiger partial charge on any atom is -0.475 e. The van der Waals surface area contributed by atoms with Gasteiger partial charge in [-0.15, -0.1) is 0 Å². The number of halogens is 3. The van der Waals surface area contributed by atoms with Crippen molar-refractivity contribution in [2.24, 2.45) is 5.92 Å². The van der Waals surface area contributed by atoms with E-state index in [0.29, 0.717) is 0 Å². The van der Waals surface area contributed by atoms with E-state index in [1.54, 1.807) is 6.26 Å². The monoisotopic (exact) mass is 401 g/mol. The van der Waals surface area contributed by atoms with Crippen LogP contribution < -0.4 is 5.32 Å². The molecule has 0 saturated heterocycles. The number of furan rings is 1. The Morgan fingerprint density at radius 3 is 2.75 bits per heavy atom. The molecule has 0 spiro atoms. The summed E-state index contributed by atoms with van der Waals surface area (Å²) in [5.41, 5.74) is 2.47. The molecule has 1 fully saturated rings. The Labute approximate surface area is 159 Å². The van der Waals surface area contributed by atoms with Gasteiger partial charge in [-0.3, -0.25) is 4.68 Å². The average molecular weight is 401 g/mol. The van der Waals surface area contributed by atoms with Crippen LogP contribution in [0.1, 0.15) is 36.0 Å². The van der Waals surface area contributed by atoms with Crippen molar-refractivity contribution < 1.29 is 32.2 Å². The number of aliphatic carboxylic acids is 1. The first-order valence-corrected chi connectivity index (χ1v) is 9.04. The van der Waals surface area contributed by atoms with E-state index >= 15 is 0 Å². The van der Waals surface area contributed by atoms with Crippen molar-refractivity contribution in [3.05, 3.63) is 41.6 Å². The van der Waals surface area contributed by atoms with E-state index in [1.165, 1.54) is 18.4 Å². The Morgan fingerprint density at radius 1 is 1.39 bits per heavy atom. The number of carboxylic acid groups (broad SMARTS) is 1. The van der Waals surface area contributed by atoms with Crippen LogP contribution in [0.25, 0.3) is 0 Å². The van der Waals surface area contributed by atoms with Gasteiger partial charge in [0.05, 0.1) is 25.1 Å². The third kappa shape index (κ3) is 5.83. The Bertz CT molecular complexity index is 770. The van der Waals surface area contributed by atoms with Gasteiger partial charge >= 0.3 is 12.1 Å². The summed E-state index contributed by atoms with van der Waals surface area (Å²) in [6.07, 6.45) is 2.59. The Balaban J connectivity index is 0.000000279. The largest absolute Gasteiger partial charge is 0.490 e. The zero-order valence-electron chi connectivity index (χ0n) is 15.1. The van der Waals surface area contributed by atoms with E-state index in [1.807, 2.05) is 12.1 Å². The summed E-state index contributed by atoms with van der Waals surface area (Å²) in [6, 6.07) is 3.89. The molecule has 2 aromatic heterocycles. The number of ether oxygens (including phenoxy) is 1. The van der Waals surface area contributed by atoms with Gasteiger partial charge in [-0.25, -0.2) is 4.79 Å². The number of hydrogen-bond acceptors (Lipinski definition) is 5. The van der Waals surface area contributed by atoms with Crippen molar-refractivity contribution in [2.45, 2.75) is 44.6 Å². The molecular formula is C18H22F3N3O4. The third-order valence-electron chi connectivity index (χ3n) is 4.46. The maximum atomic E-state index is 10.6. The molecule has 3 heterocycles. The number of alkyl halides is 3. The minimum absolute atomic E-state index is 0.0594. The molecule has 1 atom stereocenters. The second kappa shape index (κ2) is 8.78. The van der Waals surface area contributed by atoms with E-state index in [0.717, 1.165) is 50.0 Å². The lowest BCUT2D eigenvalue weighted by atomic mass is 10.1. The van der Waals surface area contributed by atoms with Crippen LogP contribution in [0.3, 0.4) is 0 Å². The Morgan fingerprint density at radius 2 is 2.14 bits per heavy atom. The molecule has 0 aromatic carbocycles. The smallest absolute Gasteiger partial charge is 0.475 e. The minimum atomic E-state index is -5.08. The van der Waals surface area contributed by atoms with Crippen LogP contribution in [0, 0.1) is 5.92 Å². The van der Waals surface area contributed by atoms with Gasteiger partial charge in [-0.05, 0) is 42.9 Å². The highest BCUT2D eigenvalue weighted by atomic mass is 19.4. The molecule has 2 N–H and O–H groups in total. The van der Waals surface area contributed by atoms with Crippen molar-refractivity contribution in [1.82, 2.24) is 15.1 Å². The molecule has 7 nitrogen and oxygen atoms in total. The van der Waals surface area contributed by atoms with Crippen molar-refractivity contribution in [3.8, 4) is 0 Å². The first-order valence-electron chi connectivity index (χ1n) is 9.04. The predicted molar refractivity (Wildman–Crippen MR) is 91.5 cm³/mol. The second-order valence-corrected chi connectivity index (χ2v) is 6.83. The number of fused-ring (bicyclic) bond motifs is 1. The highest BCUT2D eigenvalue weighted by Crippen LogP contribution is 2.32. The zero-order chi connectivity index (χ0) is 20.1. The van der Waals surface area contributed by atoms with E-state index in [4.69, 9.17) is 24.2 Å². The van der Waals surface area contributed by atoms with E-state index in [9.17, 15) is 13.2 Å². The van der Waals surface area contributed by atoms with Gasteiger partial charge in [0.2, 0.25) is 0 Å². The molecule has 154 valence electrons. The fraction of sp³-hybridized carbons (Fsp3) is 0.556. The number of nitrogens with zero attached hydrogens (tertiary/aromatic N) is 2. The molecule has 1 aliphatic carbocycles. The number of carboxylic acids is 1. The topological polar surface area (TPSA) is 89.5 Å². The third-order valence-corrected chi connectivity index (χ3v) is 4.46. The summed E-state index contributed by atoms with van der Waals surface area (Å²) in [6.45, 7) is 3.36. The van der Waals surface area contributed by atoms with E-state index < -0.39 is 12.1 Å². The van der Waals surface area contributed by atoms with Crippen molar-refractivity contribution >= 4 is 5.97 Å². The molecule has 10 heteroatoms. The van der Waals surface area contributed by atoms with Gasteiger partial charge in [0.25, 0.3) is 0 Å². The van der Waals surface area contributed by atoms with Crippen molar-refractivity contribution in [3.63, 3.8) is 0 Å². The molecule has 1 aliphatic heterocycles. The fourth-order valence-corrected chi connectivity index (χ4v) is 2.89. The number of carbonyl (C=O) groups is 1. The van der Waals surface area contributed by atoms with Crippen LogP contribution in [-0.2, 0) is 29.0 Å². The van der Waals surface area contributed by atoms with Gasteiger partial charge < -0.3 is 19.6 Å². The molecule has 2 aromatic rings. The van der Waals surface area contributed by atoms with Gasteiger partial charge in [-0.2, -0.15) is 18.3 Å². The summed E-state index contributed by atoms with van der Waals surface area (Å²) < 4.78 is 45.1. The fourth-order valence-electron chi connectivity index (χ4n) is 2.89. The maximum Gasteiger partial charge on any atom is 0.490 e. The molecule has 1 unspecified atom stereocenters. The summed E-state index contributed by atoms with van der Waals surface area (Å²) in [5, 5.41) is 15.3. The SMILES string of the molecule is O=C(O)C(F)(F)F.c1coc(CNCC2OCCc3cn(CC4CC4)nc32)c1. The lowest BCUT2D eigenvalue weighted by molar-refractivity contribution is -0.192. The average Bonchev–Trinajstić information content (AvgIpc) is 3.12. The maximum absolute atomic E-state index is 10.6. The summed E-state index contributed by atoms with van der Waals surface area (Å²) in [4.78, 5) is 8.90. The van der Waals surface area contributed by atoms with Gasteiger partial charge in [0.1, 0.15) is 11.9 Å². The molecule has 0 amide bonds. The van der Waals surface area contributed by atoms with Gasteiger partial charge in [0, 0.05) is 19.3 Å². The first-order chi connectivity index (χ1) is 13.3. The van der Waals surface area contributed by atoms with Gasteiger partial charge in [0.15, 0.2) is 0 Å². The highest BCUT2D eigenvalue weighted by molar-refractivity contribution is 5.73. The zero-order valence-corrected chi connectivity index (χ0v) is 15.1. The molecule has 1 saturated carbocycles. The molecule has 0 bridgehead atoms. The quantitative estimate of drug-likeness (QED) is 0.774. The van der Waals surface area contributed by atoms with Crippen molar-refractivity contribution in [2.75, 3.05) is 13.2 Å². The van der Waals surface area contributed by atoms with Crippen LogP contribution in [0.2, 0.25) is 0 Å². The van der Waals surface area contributed by atoms with Crippen LogP contribution in [-0.4, -0.2) is 40.2 Å². The summed E-state index contributed by atoms with van der Waals surface area (Å²) >= 11 is 0. The second-order valence-electron chi connectivity index (χ2n) is 6.83.